The van der Waals surface area contributed by atoms with Crippen molar-refractivity contribution in [1.82, 2.24) is 4.72 Å². The molecular weight excluding hydrogens is 362 g/mol. The van der Waals surface area contributed by atoms with Crippen molar-refractivity contribution in [1.29, 1.82) is 0 Å². The number of aliphatic hydroxyl groups is 1. The average molecular weight is 386 g/mol. The van der Waals surface area contributed by atoms with Crippen molar-refractivity contribution in [2.75, 3.05) is 13.2 Å². The maximum absolute atomic E-state index is 12.0. The molecule has 25 heavy (non-hydrogen) atoms. The Morgan fingerprint density at radius 3 is 2.40 bits per heavy atom. The summed E-state index contributed by atoms with van der Waals surface area (Å²) in [4.78, 5) is 9.28. The van der Waals surface area contributed by atoms with Gasteiger partial charge < -0.3 is 5.11 Å². The summed E-state index contributed by atoms with van der Waals surface area (Å²) < 4.78 is 26.5. The number of hydrogen-bond donors (Lipinski definition) is 2. The van der Waals surface area contributed by atoms with Crippen LogP contribution in [0.15, 0.2) is 39.1 Å². The van der Waals surface area contributed by atoms with Gasteiger partial charge in [0, 0.05) is 13.0 Å². The van der Waals surface area contributed by atoms with Gasteiger partial charge in [-0.2, -0.15) is 0 Å². The smallest absolute Gasteiger partial charge is 0.240 e. The highest BCUT2D eigenvalue weighted by atomic mass is 35.5. The van der Waals surface area contributed by atoms with Crippen molar-refractivity contribution >= 4 is 32.5 Å². The second kappa shape index (κ2) is 8.40. The van der Waals surface area contributed by atoms with Crippen LogP contribution >= 0.6 is 11.6 Å². The third-order valence-electron chi connectivity index (χ3n) is 4.02. The van der Waals surface area contributed by atoms with Crippen LogP contribution in [0.5, 0.6) is 0 Å². The molecule has 1 aliphatic rings. The zero-order valence-electron chi connectivity index (χ0n) is 14.5. The molecule has 2 rings (SSSR count). The molecule has 0 spiro atoms. The molecule has 0 amide bonds. The van der Waals surface area contributed by atoms with E-state index < -0.39 is 15.7 Å². The molecule has 0 aliphatic carbocycles. The number of hydrogen-bond acceptors (Lipinski definition) is 5. The predicted molar refractivity (Wildman–Crippen MR) is 101 cm³/mol. The molecule has 2 N–H and O–H groups in total. The highest BCUT2D eigenvalue weighted by Gasteiger charge is 2.35. The van der Waals surface area contributed by atoms with E-state index in [0.29, 0.717) is 18.7 Å². The Bertz CT molecular complexity index is 760. The molecule has 0 fully saturated rings. The lowest BCUT2D eigenvalue weighted by atomic mass is 9.95. The summed E-state index contributed by atoms with van der Waals surface area (Å²) in [5, 5.41) is 9.62. The largest absolute Gasteiger partial charge is 0.390 e. The molecular formula is C17H24ClN3O3S. The van der Waals surface area contributed by atoms with Gasteiger partial charge in [-0.15, -0.1) is 0 Å². The normalized spacial score (nSPS) is 20.5. The fourth-order valence-corrected chi connectivity index (χ4v) is 4.10. The zero-order valence-corrected chi connectivity index (χ0v) is 16.1. The molecule has 1 aromatic rings. The molecule has 0 bridgehead atoms. The maximum Gasteiger partial charge on any atom is 0.240 e. The Hall–Kier alpha value is -1.28. The summed E-state index contributed by atoms with van der Waals surface area (Å²) in [6.07, 6.45) is 3.16. The monoisotopic (exact) mass is 385 g/mol. The number of nitrogens with zero attached hydrogens (tertiary/aromatic N) is 2. The van der Waals surface area contributed by atoms with E-state index in [2.05, 4.69) is 21.6 Å². The summed E-state index contributed by atoms with van der Waals surface area (Å²) in [5.74, 6) is 0. The van der Waals surface area contributed by atoms with Crippen LogP contribution in [-0.4, -0.2) is 43.2 Å². The third-order valence-corrected chi connectivity index (χ3v) is 5.89. The van der Waals surface area contributed by atoms with E-state index >= 15 is 0 Å². The number of unbranched alkanes of at least 4 members (excludes halogenated alkanes) is 1. The first-order valence-electron chi connectivity index (χ1n) is 8.39. The second-order valence-corrected chi connectivity index (χ2v) is 8.15. The van der Waals surface area contributed by atoms with Crippen LogP contribution in [0.1, 0.15) is 38.7 Å². The minimum absolute atomic E-state index is 0.230. The number of halogens is 1. The Labute approximate surface area is 154 Å². The minimum atomic E-state index is -3.46. The molecule has 1 aromatic carbocycles. The average Bonchev–Trinajstić information content (AvgIpc) is 2.89. The fourth-order valence-electron chi connectivity index (χ4n) is 2.80. The molecule has 1 heterocycles. The van der Waals surface area contributed by atoms with Crippen molar-refractivity contribution in [3.05, 3.63) is 29.8 Å². The minimum Gasteiger partial charge on any atom is -0.390 e. The van der Waals surface area contributed by atoms with Crippen molar-refractivity contribution in [2.24, 2.45) is 9.98 Å². The van der Waals surface area contributed by atoms with Crippen molar-refractivity contribution < 1.29 is 13.5 Å². The van der Waals surface area contributed by atoms with Gasteiger partial charge in [-0.05, 0) is 30.5 Å². The molecule has 0 radical (unpaired) electrons. The van der Waals surface area contributed by atoms with Crippen molar-refractivity contribution in [3.8, 4) is 0 Å². The van der Waals surface area contributed by atoms with Gasteiger partial charge in [0.2, 0.25) is 10.0 Å². The quantitative estimate of drug-likeness (QED) is 0.684. The van der Waals surface area contributed by atoms with E-state index in [1.165, 1.54) is 0 Å². The van der Waals surface area contributed by atoms with Gasteiger partial charge in [0.05, 0.1) is 11.5 Å². The summed E-state index contributed by atoms with van der Waals surface area (Å²) >= 11 is 6.10. The van der Waals surface area contributed by atoms with Crippen molar-refractivity contribution in [3.63, 3.8) is 0 Å². The maximum atomic E-state index is 12.0. The topological polar surface area (TPSA) is 91.1 Å². The molecule has 1 atom stereocenters. The number of sulfonamides is 1. The van der Waals surface area contributed by atoms with E-state index in [1.807, 2.05) is 0 Å². The standard InChI is InChI=1S/C17H24ClN3O3S/c1-3-5-10-17(20-15(12-22)16(18)21-17)11-13-6-8-14(9-7-13)25(23,24)19-4-2/h6-9,19,22H,3-5,10-12H2,1-2H3. The third kappa shape index (κ3) is 4.88. The molecule has 0 saturated carbocycles. The van der Waals surface area contributed by atoms with Gasteiger partial charge in [0.1, 0.15) is 10.9 Å². The van der Waals surface area contributed by atoms with E-state index in [-0.39, 0.29) is 16.7 Å². The van der Waals surface area contributed by atoms with Crippen LogP contribution in [-0.2, 0) is 16.4 Å². The lowest BCUT2D eigenvalue weighted by Gasteiger charge is -2.23. The number of aliphatic hydroxyl groups excluding tert-OH is 1. The number of aliphatic imine (C=N–C) groups is 2. The van der Waals surface area contributed by atoms with Gasteiger partial charge in [0.25, 0.3) is 0 Å². The Kier molecular flexibility index (Phi) is 6.73. The molecule has 0 saturated heterocycles. The van der Waals surface area contributed by atoms with Crippen LogP contribution in [0.25, 0.3) is 0 Å². The summed E-state index contributed by atoms with van der Waals surface area (Å²) in [5.41, 5.74) is 0.611. The highest BCUT2D eigenvalue weighted by Crippen LogP contribution is 2.31. The van der Waals surface area contributed by atoms with Crippen LogP contribution in [0.3, 0.4) is 0 Å². The van der Waals surface area contributed by atoms with Gasteiger partial charge in [-0.1, -0.05) is 44.0 Å². The Morgan fingerprint density at radius 2 is 1.88 bits per heavy atom. The molecule has 138 valence electrons. The van der Waals surface area contributed by atoms with Crippen LogP contribution < -0.4 is 4.72 Å². The Morgan fingerprint density at radius 1 is 1.20 bits per heavy atom. The molecule has 1 aliphatic heterocycles. The molecule has 1 unspecified atom stereocenters. The molecule has 0 aromatic heterocycles. The van der Waals surface area contributed by atoms with Gasteiger partial charge >= 0.3 is 0 Å². The van der Waals surface area contributed by atoms with Crippen molar-refractivity contribution in [2.45, 2.75) is 50.1 Å². The first-order chi connectivity index (χ1) is 11.9. The Balaban J connectivity index is 2.25. The number of nitrogens with one attached hydrogen (secondary N) is 1. The summed E-state index contributed by atoms with van der Waals surface area (Å²) in [6.45, 7) is 3.93. The van der Waals surface area contributed by atoms with Crippen LogP contribution in [0.2, 0.25) is 0 Å². The first kappa shape index (κ1) is 20.0. The second-order valence-electron chi connectivity index (χ2n) is 6.03. The van der Waals surface area contributed by atoms with E-state index in [4.69, 9.17) is 11.6 Å². The summed E-state index contributed by atoms with van der Waals surface area (Å²) in [7, 11) is -3.46. The predicted octanol–water partition coefficient (Wildman–Crippen LogP) is 2.50. The SMILES string of the molecule is CCCCC1(Cc2ccc(S(=O)(=O)NCC)cc2)N=C(Cl)C(CO)=N1. The fraction of sp³-hybridized carbons (Fsp3) is 0.529. The number of rotatable bonds is 9. The molecule has 8 heteroatoms. The highest BCUT2D eigenvalue weighted by molar-refractivity contribution is 7.89. The number of benzene rings is 1. The van der Waals surface area contributed by atoms with E-state index in [0.717, 1.165) is 24.8 Å². The zero-order chi connectivity index (χ0) is 18.5. The lowest BCUT2D eigenvalue weighted by Crippen LogP contribution is -2.26. The van der Waals surface area contributed by atoms with Gasteiger partial charge in [-0.3, -0.25) is 4.99 Å². The van der Waals surface area contributed by atoms with Crippen LogP contribution in [0, 0.1) is 0 Å². The van der Waals surface area contributed by atoms with Gasteiger partial charge in [0.15, 0.2) is 5.66 Å². The summed E-state index contributed by atoms with van der Waals surface area (Å²) in [6, 6.07) is 6.71. The molecule has 6 nitrogen and oxygen atoms in total. The van der Waals surface area contributed by atoms with Crippen LogP contribution in [0.4, 0.5) is 0 Å². The first-order valence-corrected chi connectivity index (χ1v) is 10.3. The lowest BCUT2D eigenvalue weighted by molar-refractivity contribution is 0.355. The van der Waals surface area contributed by atoms with E-state index in [1.54, 1.807) is 31.2 Å². The van der Waals surface area contributed by atoms with Gasteiger partial charge in [-0.25, -0.2) is 18.1 Å². The van der Waals surface area contributed by atoms with E-state index in [9.17, 15) is 13.5 Å².